The number of likely N-dealkylation sites (tertiary alicyclic amines) is 1. The standard InChI is InChI=1S/C13H24N2O2/c1-13(2,3)17-12(16)15-9-5-6-10-11(15)7-4-8-14-10/h10-11,14H,4-9H2,1-3H3/t10-,11-/m0/s1. The van der Waals surface area contributed by atoms with E-state index in [9.17, 15) is 4.79 Å². The first-order chi connectivity index (χ1) is 7.97. The van der Waals surface area contributed by atoms with Crippen molar-refractivity contribution in [3.8, 4) is 0 Å². The monoisotopic (exact) mass is 240 g/mol. The number of hydrogen-bond donors (Lipinski definition) is 1. The average Bonchev–Trinajstić information content (AvgIpc) is 2.26. The minimum atomic E-state index is -0.397. The van der Waals surface area contributed by atoms with Crippen molar-refractivity contribution in [3.63, 3.8) is 0 Å². The number of nitrogens with one attached hydrogen (secondary N) is 1. The van der Waals surface area contributed by atoms with Gasteiger partial charge in [0, 0.05) is 12.6 Å². The molecule has 1 N–H and O–H groups in total. The lowest BCUT2D eigenvalue weighted by Crippen LogP contribution is -2.59. The Morgan fingerprint density at radius 3 is 2.76 bits per heavy atom. The fourth-order valence-corrected chi connectivity index (χ4v) is 2.80. The molecule has 0 bridgehead atoms. The zero-order valence-electron chi connectivity index (χ0n) is 11.2. The predicted molar refractivity (Wildman–Crippen MR) is 67.0 cm³/mol. The number of amides is 1. The van der Waals surface area contributed by atoms with Crippen LogP contribution in [0.5, 0.6) is 0 Å². The normalized spacial score (nSPS) is 29.7. The molecule has 0 aromatic rings. The number of carbonyl (C=O) groups excluding carboxylic acids is 1. The minimum absolute atomic E-state index is 0.143. The maximum absolute atomic E-state index is 12.1. The third-order valence-corrected chi connectivity index (χ3v) is 3.49. The molecule has 2 heterocycles. The first kappa shape index (κ1) is 12.7. The fourth-order valence-electron chi connectivity index (χ4n) is 2.80. The second kappa shape index (κ2) is 4.84. The smallest absolute Gasteiger partial charge is 0.410 e. The molecule has 2 aliphatic rings. The van der Waals surface area contributed by atoms with Crippen LogP contribution < -0.4 is 5.32 Å². The lowest BCUT2D eigenvalue weighted by Gasteiger charge is -2.44. The van der Waals surface area contributed by atoms with Crippen molar-refractivity contribution in [2.75, 3.05) is 13.1 Å². The van der Waals surface area contributed by atoms with Crippen molar-refractivity contribution in [2.45, 2.75) is 64.1 Å². The molecule has 2 saturated heterocycles. The van der Waals surface area contributed by atoms with Crippen LogP contribution in [0.2, 0.25) is 0 Å². The fraction of sp³-hybridized carbons (Fsp3) is 0.923. The van der Waals surface area contributed by atoms with Gasteiger partial charge in [-0.05, 0) is 53.0 Å². The van der Waals surface area contributed by atoms with Crippen LogP contribution in [-0.4, -0.2) is 41.8 Å². The number of piperidine rings is 2. The van der Waals surface area contributed by atoms with E-state index in [0.717, 1.165) is 32.4 Å². The quantitative estimate of drug-likeness (QED) is 0.705. The molecular weight excluding hydrogens is 216 g/mol. The number of hydrogen-bond acceptors (Lipinski definition) is 3. The van der Waals surface area contributed by atoms with Crippen molar-refractivity contribution >= 4 is 6.09 Å². The molecule has 0 aromatic heterocycles. The summed E-state index contributed by atoms with van der Waals surface area (Å²) in [6.07, 6.45) is 4.38. The topological polar surface area (TPSA) is 41.6 Å². The van der Waals surface area contributed by atoms with Gasteiger partial charge in [0.25, 0.3) is 0 Å². The van der Waals surface area contributed by atoms with E-state index in [2.05, 4.69) is 5.32 Å². The van der Waals surface area contributed by atoms with E-state index in [0.29, 0.717) is 12.1 Å². The molecule has 0 spiro atoms. The van der Waals surface area contributed by atoms with Crippen LogP contribution >= 0.6 is 0 Å². The summed E-state index contributed by atoms with van der Waals surface area (Å²) in [5.41, 5.74) is -0.397. The maximum atomic E-state index is 12.1. The largest absolute Gasteiger partial charge is 0.444 e. The van der Waals surface area contributed by atoms with E-state index < -0.39 is 5.60 Å². The van der Waals surface area contributed by atoms with Crippen molar-refractivity contribution in [1.82, 2.24) is 10.2 Å². The second-order valence-corrected chi connectivity index (χ2v) is 6.09. The predicted octanol–water partition coefficient (Wildman–Crippen LogP) is 2.14. The molecule has 4 nitrogen and oxygen atoms in total. The van der Waals surface area contributed by atoms with E-state index in [4.69, 9.17) is 4.74 Å². The van der Waals surface area contributed by atoms with E-state index >= 15 is 0 Å². The lowest BCUT2D eigenvalue weighted by atomic mass is 9.90. The van der Waals surface area contributed by atoms with Crippen molar-refractivity contribution in [1.29, 1.82) is 0 Å². The van der Waals surface area contributed by atoms with Gasteiger partial charge in [0.1, 0.15) is 5.60 Å². The number of carbonyl (C=O) groups is 1. The van der Waals surface area contributed by atoms with Gasteiger partial charge in [0.05, 0.1) is 6.04 Å². The average molecular weight is 240 g/mol. The third kappa shape index (κ3) is 3.12. The molecule has 98 valence electrons. The Bertz CT molecular complexity index is 284. The van der Waals surface area contributed by atoms with Crippen molar-refractivity contribution in [3.05, 3.63) is 0 Å². The highest BCUT2D eigenvalue weighted by molar-refractivity contribution is 5.68. The molecule has 0 saturated carbocycles. The minimum Gasteiger partial charge on any atom is -0.444 e. The molecule has 1 amide bonds. The van der Waals surface area contributed by atoms with Gasteiger partial charge in [-0.1, -0.05) is 0 Å². The molecule has 2 fully saturated rings. The molecule has 2 rings (SSSR count). The number of ether oxygens (including phenoxy) is 1. The summed E-state index contributed by atoms with van der Waals surface area (Å²) in [4.78, 5) is 14.1. The first-order valence-corrected chi connectivity index (χ1v) is 6.70. The summed E-state index contributed by atoms with van der Waals surface area (Å²) in [6.45, 7) is 7.70. The zero-order chi connectivity index (χ0) is 12.5. The lowest BCUT2D eigenvalue weighted by molar-refractivity contribution is -0.000231. The first-order valence-electron chi connectivity index (χ1n) is 6.70. The molecule has 4 heteroatoms. The SMILES string of the molecule is CC(C)(C)OC(=O)N1CCC[C@@H]2NCCC[C@@H]21. The van der Waals surface area contributed by atoms with Crippen molar-refractivity contribution < 1.29 is 9.53 Å². The number of nitrogens with zero attached hydrogens (tertiary/aromatic N) is 1. The Hall–Kier alpha value is -0.770. The number of rotatable bonds is 0. The van der Waals surface area contributed by atoms with Crippen LogP contribution in [0, 0.1) is 0 Å². The zero-order valence-corrected chi connectivity index (χ0v) is 11.2. The number of fused-ring (bicyclic) bond motifs is 1. The van der Waals surface area contributed by atoms with E-state index in [1.165, 1.54) is 6.42 Å². The van der Waals surface area contributed by atoms with Crippen molar-refractivity contribution in [2.24, 2.45) is 0 Å². The van der Waals surface area contributed by atoms with Gasteiger partial charge in [0.15, 0.2) is 0 Å². The molecule has 17 heavy (non-hydrogen) atoms. The van der Waals surface area contributed by atoms with Gasteiger partial charge >= 0.3 is 6.09 Å². The maximum Gasteiger partial charge on any atom is 0.410 e. The Kier molecular flexibility index (Phi) is 3.61. The molecule has 0 aromatic carbocycles. The van der Waals surface area contributed by atoms with E-state index in [1.807, 2.05) is 25.7 Å². The summed E-state index contributed by atoms with van der Waals surface area (Å²) < 4.78 is 5.49. The van der Waals surface area contributed by atoms with Crippen LogP contribution in [0.15, 0.2) is 0 Å². The Morgan fingerprint density at radius 1 is 1.29 bits per heavy atom. The van der Waals surface area contributed by atoms with E-state index in [1.54, 1.807) is 0 Å². The van der Waals surface area contributed by atoms with E-state index in [-0.39, 0.29) is 6.09 Å². The summed E-state index contributed by atoms with van der Waals surface area (Å²) in [6, 6.07) is 0.817. The Labute approximate surface area is 104 Å². The molecule has 0 aliphatic carbocycles. The highest BCUT2D eigenvalue weighted by Gasteiger charge is 2.37. The summed E-state index contributed by atoms with van der Waals surface area (Å²) >= 11 is 0. The molecule has 2 aliphatic heterocycles. The van der Waals surface area contributed by atoms with Gasteiger partial charge < -0.3 is 15.0 Å². The second-order valence-electron chi connectivity index (χ2n) is 6.09. The van der Waals surface area contributed by atoms with Crippen LogP contribution in [0.3, 0.4) is 0 Å². The molecule has 2 atom stereocenters. The van der Waals surface area contributed by atoms with Gasteiger partial charge in [-0.25, -0.2) is 4.79 Å². The van der Waals surface area contributed by atoms with Crippen LogP contribution in [0.4, 0.5) is 4.79 Å². The molecule has 0 unspecified atom stereocenters. The summed E-state index contributed by atoms with van der Waals surface area (Å²) in [5, 5.41) is 3.52. The summed E-state index contributed by atoms with van der Waals surface area (Å²) in [5.74, 6) is 0. The van der Waals surface area contributed by atoms with Gasteiger partial charge in [-0.3, -0.25) is 0 Å². The Balaban J connectivity index is 2.01. The van der Waals surface area contributed by atoms with Gasteiger partial charge in [0.2, 0.25) is 0 Å². The highest BCUT2D eigenvalue weighted by Crippen LogP contribution is 2.26. The van der Waals surface area contributed by atoms with Gasteiger partial charge in [-0.15, -0.1) is 0 Å². The van der Waals surface area contributed by atoms with Gasteiger partial charge in [-0.2, -0.15) is 0 Å². The third-order valence-electron chi connectivity index (χ3n) is 3.49. The summed E-state index contributed by atoms with van der Waals surface area (Å²) in [7, 11) is 0. The van der Waals surface area contributed by atoms with Crippen LogP contribution in [-0.2, 0) is 4.74 Å². The molecule has 0 radical (unpaired) electrons. The van der Waals surface area contributed by atoms with Crippen LogP contribution in [0.25, 0.3) is 0 Å². The molecular formula is C13H24N2O2. The Morgan fingerprint density at radius 2 is 2.06 bits per heavy atom. The van der Waals surface area contributed by atoms with Crippen LogP contribution in [0.1, 0.15) is 46.5 Å². The highest BCUT2D eigenvalue weighted by atomic mass is 16.6.